The zero-order valence-electron chi connectivity index (χ0n) is 11.6. The maximum Gasteiger partial charge on any atom is 0.270 e. The Bertz CT molecular complexity index is 885. The smallest absolute Gasteiger partial charge is 0.270 e. The van der Waals surface area contributed by atoms with Crippen LogP contribution in [0.25, 0.3) is 10.8 Å². The first kappa shape index (κ1) is 13.7. The molecule has 0 atom stereocenters. The van der Waals surface area contributed by atoms with E-state index in [-0.39, 0.29) is 5.69 Å². The van der Waals surface area contributed by atoms with Crippen molar-refractivity contribution in [1.82, 2.24) is 15.0 Å². The largest absolute Gasteiger partial charge is 0.366 e. The molecule has 110 valence electrons. The number of fused-ring (bicyclic) bond motifs is 1. The van der Waals surface area contributed by atoms with E-state index >= 15 is 0 Å². The number of carbonyl (C=O) groups is 2. The van der Waals surface area contributed by atoms with Gasteiger partial charge in [-0.25, -0.2) is 4.68 Å². The molecule has 3 rings (SSSR count). The van der Waals surface area contributed by atoms with E-state index in [2.05, 4.69) is 10.3 Å². The van der Waals surface area contributed by atoms with Crippen LogP contribution in [0.4, 0.5) is 0 Å². The molecule has 0 saturated heterocycles. The number of benzene rings is 2. The normalized spacial score (nSPS) is 10.7. The summed E-state index contributed by atoms with van der Waals surface area (Å²) in [7, 11) is 0. The quantitative estimate of drug-likeness (QED) is 0.735. The first-order chi connectivity index (χ1) is 10.6. The Morgan fingerprint density at radius 1 is 1.00 bits per heavy atom. The lowest BCUT2D eigenvalue weighted by Crippen LogP contribution is -2.12. The highest BCUT2D eigenvalue weighted by atomic mass is 16.1. The highest BCUT2D eigenvalue weighted by Gasteiger charge is 2.11. The number of primary amides is 2. The molecule has 22 heavy (non-hydrogen) atoms. The molecule has 0 spiro atoms. The van der Waals surface area contributed by atoms with Gasteiger partial charge in [0.2, 0.25) is 5.91 Å². The SMILES string of the molecule is NC(=O)c1cn(Cc2ccc(C(N)=O)c3ccccc23)nn1. The van der Waals surface area contributed by atoms with Gasteiger partial charge < -0.3 is 11.5 Å². The van der Waals surface area contributed by atoms with Crippen LogP contribution in [0.2, 0.25) is 0 Å². The Balaban J connectivity index is 2.05. The van der Waals surface area contributed by atoms with Gasteiger partial charge in [-0.15, -0.1) is 5.10 Å². The lowest BCUT2D eigenvalue weighted by atomic mass is 9.99. The van der Waals surface area contributed by atoms with Gasteiger partial charge in [0, 0.05) is 5.56 Å². The van der Waals surface area contributed by atoms with E-state index in [1.165, 1.54) is 10.9 Å². The van der Waals surface area contributed by atoms with Gasteiger partial charge in [-0.2, -0.15) is 0 Å². The summed E-state index contributed by atoms with van der Waals surface area (Å²) in [4.78, 5) is 22.6. The molecular formula is C15H13N5O2. The Labute approximate surface area is 125 Å². The van der Waals surface area contributed by atoms with Crippen molar-refractivity contribution < 1.29 is 9.59 Å². The van der Waals surface area contributed by atoms with Gasteiger partial charge >= 0.3 is 0 Å². The van der Waals surface area contributed by atoms with Crippen LogP contribution in [-0.2, 0) is 6.54 Å². The van der Waals surface area contributed by atoms with E-state index in [1.54, 1.807) is 6.07 Å². The zero-order chi connectivity index (χ0) is 15.7. The molecule has 0 aliphatic carbocycles. The van der Waals surface area contributed by atoms with Gasteiger partial charge in [-0.05, 0) is 22.4 Å². The minimum absolute atomic E-state index is 0.109. The number of aromatic nitrogens is 3. The van der Waals surface area contributed by atoms with Crippen molar-refractivity contribution in [2.45, 2.75) is 6.54 Å². The van der Waals surface area contributed by atoms with E-state index in [4.69, 9.17) is 11.5 Å². The summed E-state index contributed by atoms with van der Waals surface area (Å²) in [5.74, 6) is -1.10. The minimum Gasteiger partial charge on any atom is -0.366 e. The van der Waals surface area contributed by atoms with Gasteiger partial charge in [0.25, 0.3) is 5.91 Å². The average molecular weight is 295 g/mol. The Morgan fingerprint density at radius 3 is 2.36 bits per heavy atom. The molecule has 0 unspecified atom stereocenters. The molecular weight excluding hydrogens is 282 g/mol. The van der Waals surface area contributed by atoms with Crippen molar-refractivity contribution in [2.75, 3.05) is 0 Å². The third-order valence-electron chi connectivity index (χ3n) is 3.40. The van der Waals surface area contributed by atoms with E-state index in [0.717, 1.165) is 16.3 Å². The van der Waals surface area contributed by atoms with Crippen molar-refractivity contribution in [2.24, 2.45) is 11.5 Å². The molecule has 4 N–H and O–H groups in total. The first-order valence-corrected chi connectivity index (χ1v) is 6.56. The van der Waals surface area contributed by atoms with Crippen molar-refractivity contribution >= 4 is 22.6 Å². The summed E-state index contributed by atoms with van der Waals surface area (Å²) in [6, 6.07) is 11.0. The predicted octanol–water partition coefficient (Wildman–Crippen LogP) is 0.677. The van der Waals surface area contributed by atoms with Gasteiger partial charge in [-0.3, -0.25) is 9.59 Å². The molecule has 0 fully saturated rings. The number of rotatable bonds is 4. The summed E-state index contributed by atoms with van der Waals surface area (Å²) in [5, 5.41) is 9.25. The number of hydrogen-bond donors (Lipinski definition) is 2. The highest BCUT2D eigenvalue weighted by Crippen LogP contribution is 2.23. The fourth-order valence-corrected chi connectivity index (χ4v) is 2.38. The molecule has 0 aliphatic heterocycles. The maximum absolute atomic E-state index is 11.5. The zero-order valence-corrected chi connectivity index (χ0v) is 11.6. The molecule has 7 heteroatoms. The van der Waals surface area contributed by atoms with Crippen LogP contribution in [0, 0.1) is 0 Å². The van der Waals surface area contributed by atoms with Crippen molar-refractivity contribution in [3.63, 3.8) is 0 Å². The Kier molecular flexibility index (Phi) is 3.30. The minimum atomic E-state index is -0.625. The second kappa shape index (κ2) is 5.28. The molecule has 0 saturated carbocycles. The number of nitrogens with zero attached hydrogens (tertiary/aromatic N) is 3. The Hall–Kier alpha value is -3.22. The summed E-state index contributed by atoms with van der Waals surface area (Å²) >= 11 is 0. The number of hydrogen-bond acceptors (Lipinski definition) is 4. The molecule has 0 radical (unpaired) electrons. The van der Waals surface area contributed by atoms with Crippen LogP contribution >= 0.6 is 0 Å². The Morgan fingerprint density at radius 2 is 1.73 bits per heavy atom. The fraction of sp³-hybridized carbons (Fsp3) is 0.0667. The van der Waals surface area contributed by atoms with Gasteiger partial charge in [-0.1, -0.05) is 35.5 Å². The van der Waals surface area contributed by atoms with Crippen LogP contribution in [0.1, 0.15) is 26.4 Å². The van der Waals surface area contributed by atoms with E-state index in [0.29, 0.717) is 12.1 Å². The standard InChI is InChI=1S/C15H13N5O2/c16-14(21)12-6-5-9(10-3-1-2-4-11(10)12)7-20-8-13(15(17)22)18-19-20/h1-6,8H,7H2,(H2,16,21)(H2,17,22). The van der Waals surface area contributed by atoms with Crippen LogP contribution in [-0.4, -0.2) is 26.8 Å². The highest BCUT2D eigenvalue weighted by molar-refractivity contribution is 6.07. The second-order valence-electron chi connectivity index (χ2n) is 4.85. The van der Waals surface area contributed by atoms with E-state index in [1.807, 2.05) is 30.3 Å². The van der Waals surface area contributed by atoms with Crippen LogP contribution in [0.15, 0.2) is 42.6 Å². The molecule has 1 heterocycles. The van der Waals surface area contributed by atoms with Crippen LogP contribution in [0.3, 0.4) is 0 Å². The number of carbonyl (C=O) groups excluding carboxylic acids is 2. The summed E-state index contributed by atoms with van der Waals surface area (Å²) < 4.78 is 1.52. The fourth-order valence-electron chi connectivity index (χ4n) is 2.38. The van der Waals surface area contributed by atoms with Gasteiger partial charge in [0.15, 0.2) is 5.69 Å². The lowest BCUT2D eigenvalue weighted by molar-refractivity contribution is 0.0989. The maximum atomic E-state index is 11.5. The third-order valence-corrected chi connectivity index (χ3v) is 3.40. The molecule has 0 bridgehead atoms. The molecule has 2 aromatic carbocycles. The third kappa shape index (κ3) is 2.39. The monoisotopic (exact) mass is 295 g/mol. The lowest BCUT2D eigenvalue weighted by Gasteiger charge is -2.09. The molecule has 1 aromatic heterocycles. The summed E-state index contributed by atoms with van der Waals surface area (Å²) in [5.41, 5.74) is 12.1. The number of nitrogens with two attached hydrogens (primary N) is 2. The molecule has 3 aromatic rings. The van der Waals surface area contributed by atoms with Crippen molar-refractivity contribution in [3.05, 3.63) is 59.4 Å². The van der Waals surface area contributed by atoms with Gasteiger partial charge in [0.05, 0.1) is 12.7 Å². The van der Waals surface area contributed by atoms with Crippen LogP contribution in [0.5, 0.6) is 0 Å². The molecule has 2 amide bonds. The van der Waals surface area contributed by atoms with Crippen molar-refractivity contribution in [1.29, 1.82) is 0 Å². The van der Waals surface area contributed by atoms with E-state index < -0.39 is 11.8 Å². The first-order valence-electron chi connectivity index (χ1n) is 6.56. The van der Waals surface area contributed by atoms with Gasteiger partial charge in [0.1, 0.15) is 0 Å². The van der Waals surface area contributed by atoms with Crippen LogP contribution < -0.4 is 11.5 Å². The molecule has 0 aliphatic rings. The summed E-state index contributed by atoms with van der Waals surface area (Å²) in [6.45, 7) is 0.403. The average Bonchev–Trinajstić information content (AvgIpc) is 2.96. The van der Waals surface area contributed by atoms with E-state index in [9.17, 15) is 9.59 Å². The summed E-state index contributed by atoms with van der Waals surface area (Å²) in [6.07, 6.45) is 1.49. The topological polar surface area (TPSA) is 117 Å². The second-order valence-corrected chi connectivity index (χ2v) is 4.85. The predicted molar refractivity (Wildman–Crippen MR) is 80.1 cm³/mol. The molecule has 7 nitrogen and oxygen atoms in total. The number of amides is 2. The van der Waals surface area contributed by atoms with Crippen molar-refractivity contribution in [3.8, 4) is 0 Å².